The summed E-state index contributed by atoms with van der Waals surface area (Å²) in [7, 11) is 0. The minimum Gasteiger partial charge on any atom is -0.394 e. The molecule has 0 unspecified atom stereocenters. The van der Waals surface area contributed by atoms with Crippen molar-refractivity contribution >= 4 is 5.95 Å². The van der Waals surface area contributed by atoms with Crippen LogP contribution >= 0.6 is 0 Å². The molecule has 0 bridgehead atoms. The summed E-state index contributed by atoms with van der Waals surface area (Å²) < 4.78 is 39.6. The molecule has 4 heterocycles. The maximum absolute atomic E-state index is 12.9. The Morgan fingerprint density at radius 1 is 0.970 bits per heavy atom. The van der Waals surface area contributed by atoms with E-state index in [1.807, 2.05) is 19.9 Å². The van der Waals surface area contributed by atoms with Crippen LogP contribution in [0.2, 0.25) is 0 Å². The van der Waals surface area contributed by atoms with Crippen LogP contribution in [0, 0.1) is 18.8 Å². The zero-order chi connectivity index (χ0) is 22.9. The number of hydrogen-bond donors (Lipinski definition) is 0. The molecule has 0 aliphatic carbocycles. The van der Waals surface area contributed by atoms with Gasteiger partial charge in [-0.05, 0) is 43.6 Å². The largest absolute Gasteiger partial charge is 2.00 e. The summed E-state index contributed by atoms with van der Waals surface area (Å²) in [6, 6.07) is 14.0. The Hall–Kier alpha value is -3.44. The second kappa shape index (κ2) is 9.20. The molecule has 33 heavy (non-hydrogen) atoms. The number of hydrogen-bond acceptors (Lipinski definition) is 5. The zero-order valence-electron chi connectivity index (χ0n) is 17.2. The van der Waals surface area contributed by atoms with Crippen molar-refractivity contribution in [2.45, 2.75) is 25.4 Å². The minimum atomic E-state index is -4.56. The van der Waals surface area contributed by atoms with Crippen LogP contribution in [0.1, 0.15) is 30.9 Å². The van der Waals surface area contributed by atoms with Gasteiger partial charge in [0.15, 0.2) is 0 Å². The maximum atomic E-state index is 12.9. The zero-order valence-corrected chi connectivity index (χ0v) is 19.5. The van der Waals surface area contributed by atoms with Gasteiger partial charge in [-0.3, -0.25) is 10.1 Å². The van der Waals surface area contributed by atoms with Crippen LogP contribution in [-0.4, -0.2) is 29.7 Å². The third kappa shape index (κ3) is 4.99. The molecule has 0 atom stereocenters. The van der Waals surface area contributed by atoms with Crippen molar-refractivity contribution in [3.8, 4) is 17.2 Å². The van der Waals surface area contributed by atoms with Crippen LogP contribution < -0.4 is 0 Å². The van der Waals surface area contributed by atoms with Gasteiger partial charge in [0, 0.05) is 16.8 Å². The normalized spacial score (nSPS) is 11.5. The predicted octanol–water partition coefficient (Wildman–Crippen LogP) is 4.61. The molecule has 4 aromatic heterocycles. The molecule has 0 saturated heterocycles. The molecule has 0 fully saturated rings. The van der Waals surface area contributed by atoms with Crippen molar-refractivity contribution < 1.29 is 34.2 Å². The molecule has 0 aliphatic rings. The van der Waals surface area contributed by atoms with Gasteiger partial charge in [-0.2, -0.15) is 29.2 Å². The third-order valence-electron chi connectivity index (χ3n) is 4.74. The summed E-state index contributed by atoms with van der Waals surface area (Å²) >= 11 is 0. The van der Waals surface area contributed by atoms with Crippen molar-refractivity contribution in [1.29, 1.82) is 0 Å². The van der Waals surface area contributed by atoms with Gasteiger partial charge in [0.2, 0.25) is 0 Å². The number of alkyl halides is 3. The van der Waals surface area contributed by atoms with Gasteiger partial charge in [-0.25, -0.2) is 0 Å². The van der Waals surface area contributed by atoms with E-state index in [-0.39, 0.29) is 32.8 Å². The first kappa shape index (κ1) is 24.2. The Balaban J connectivity index is 0.00000306. The van der Waals surface area contributed by atoms with Crippen LogP contribution in [0.15, 0.2) is 48.7 Å². The molecule has 4 rings (SSSR count). The van der Waals surface area contributed by atoms with Crippen molar-refractivity contribution in [3.05, 3.63) is 89.4 Å². The number of nitrogens with zero attached hydrogens (tertiary/aromatic N) is 7. The second-order valence-electron chi connectivity index (χ2n) is 7.26. The molecule has 4 aromatic rings. The molecule has 168 valence electrons. The number of halogens is 3. The maximum Gasteiger partial charge on any atom is 2.00 e. The third-order valence-corrected chi connectivity index (χ3v) is 4.74. The van der Waals surface area contributed by atoms with E-state index < -0.39 is 17.3 Å². The Morgan fingerprint density at radius 2 is 1.67 bits per heavy atom. The summed E-state index contributed by atoms with van der Waals surface area (Å²) in [5.41, 5.74) is 0.368. The molecular formula is C22H14F3N7Pt. The standard InChI is InChI=1S/C22H14F3N7.Pt/c1-21(2,16-7-4-6-14(28-16)15-10-12-27-20(26-3)29-15)17-8-5-9-19(30-17)32-13-11-18(31-32)22(23,24)25;/h4-9,11-12H,1-2H3;/q-2;+2. The number of pyridine rings is 2. The van der Waals surface area contributed by atoms with E-state index in [9.17, 15) is 13.2 Å². The van der Waals surface area contributed by atoms with Gasteiger partial charge in [-0.15, -0.1) is 18.7 Å². The first-order valence-corrected chi connectivity index (χ1v) is 9.31. The molecule has 0 aromatic carbocycles. The Bertz CT molecular complexity index is 1330. The number of rotatable bonds is 4. The van der Waals surface area contributed by atoms with E-state index in [4.69, 9.17) is 6.57 Å². The van der Waals surface area contributed by atoms with Gasteiger partial charge in [0.05, 0.1) is 11.5 Å². The summed E-state index contributed by atoms with van der Waals surface area (Å²) in [6.07, 6.45) is -0.737. The molecule has 0 spiro atoms. The van der Waals surface area contributed by atoms with Crippen molar-refractivity contribution in [2.75, 3.05) is 0 Å². The van der Waals surface area contributed by atoms with Crippen LogP contribution in [0.25, 0.3) is 22.1 Å². The Labute approximate surface area is 201 Å². The van der Waals surface area contributed by atoms with Crippen LogP contribution in [-0.2, 0) is 32.7 Å². The average Bonchev–Trinajstić information content (AvgIpc) is 3.30. The fraction of sp³-hybridized carbons (Fsp3) is 0.182. The first-order chi connectivity index (χ1) is 15.2. The molecule has 0 radical (unpaired) electrons. The SMILES string of the molecule is [C-]#[N+]c1nc[c-]c(-c2cccc(C(C)(C)c3cccc(-n4[c-]cc(C(F)(F)F)n4)n3)n2)n1.[Pt+2]. The predicted molar refractivity (Wildman–Crippen MR) is 108 cm³/mol. The molecule has 7 nitrogen and oxygen atoms in total. The van der Waals surface area contributed by atoms with Crippen molar-refractivity contribution in [2.24, 2.45) is 0 Å². The first-order valence-electron chi connectivity index (χ1n) is 9.31. The van der Waals surface area contributed by atoms with Crippen LogP contribution in [0.3, 0.4) is 0 Å². The topological polar surface area (TPSA) is 73.7 Å². The molecule has 0 aliphatic heterocycles. The van der Waals surface area contributed by atoms with Gasteiger partial charge < -0.3 is 14.5 Å². The monoisotopic (exact) mass is 628 g/mol. The van der Waals surface area contributed by atoms with E-state index in [2.05, 4.69) is 42.1 Å². The van der Waals surface area contributed by atoms with Crippen molar-refractivity contribution in [3.63, 3.8) is 0 Å². The molecular weight excluding hydrogens is 614 g/mol. The Morgan fingerprint density at radius 3 is 2.33 bits per heavy atom. The van der Waals surface area contributed by atoms with Gasteiger partial charge in [0.1, 0.15) is 0 Å². The molecule has 0 saturated carbocycles. The van der Waals surface area contributed by atoms with Crippen molar-refractivity contribution in [1.82, 2.24) is 29.7 Å². The number of aromatic nitrogens is 6. The average molecular weight is 628 g/mol. The van der Waals surface area contributed by atoms with Crippen LogP contribution in [0.4, 0.5) is 19.1 Å². The van der Waals surface area contributed by atoms with Gasteiger partial charge in [-0.1, -0.05) is 24.4 Å². The van der Waals surface area contributed by atoms with Crippen LogP contribution in [0.5, 0.6) is 0 Å². The molecule has 11 heteroatoms. The fourth-order valence-electron chi connectivity index (χ4n) is 2.98. The quantitative estimate of drug-likeness (QED) is 0.309. The fourth-order valence-corrected chi connectivity index (χ4v) is 2.98. The minimum absolute atomic E-state index is 0. The summed E-state index contributed by atoms with van der Waals surface area (Å²) in [6.45, 7) is 10.9. The van der Waals surface area contributed by atoms with E-state index in [0.717, 1.165) is 10.7 Å². The van der Waals surface area contributed by atoms with E-state index in [1.54, 1.807) is 30.3 Å². The van der Waals surface area contributed by atoms with Gasteiger partial charge >= 0.3 is 33.2 Å². The summed E-state index contributed by atoms with van der Waals surface area (Å²) in [4.78, 5) is 20.3. The molecule has 0 N–H and O–H groups in total. The van der Waals surface area contributed by atoms with Gasteiger partial charge in [0.25, 0.3) is 0 Å². The molecule has 0 amide bonds. The Kier molecular flexibility index (Phi) is 6.75. The summed E-state index contributed by atoms with van der Waals surface area (Å²) in [5, 5.41) is 3.53. The summed E-state index contributed by atoms with van der Waals surface area (Å²) in [5.74, 6) is 0.196. The second-order valence-corrected chi connectivity index (χ2v) is 7.26. The van der Waals surface area contributed by atoms with E-state index >= 15 is 0 Å². The smallest absolute Gasteiger partial charge is 0.394 e. The van der Waals surface area contributed by atoms with E-state index in [1.165, 1.54) is 6.20 Å². The van der Waals surface area contributed by atoms with E-state index in [0.29, 0.717) is 22.8 Å².